The molecule has 0 aromatic carbocycles. The Bertz CT molecular complexity index is 95.4. The first-order valence-corrected chi connectivity index (χ1v) is 3.90. The SMILES string of the molecule is [CH2]C(O)C1CCN(C)CC1. The highest BCUT2D eigenvalue weighted by molar-refractivity contribution is 4.76. The van der Waals surface area contributed by atoms with E-state index in [1.54, 1.807) is 0 Å². The Morgan fingerprint density at radius 3 is 2.40 bits per heavy atom. The van der Waals surface area contributed by atoms with Gasteiger partial charge in [-0.15, -0.1) is 0 Å². The summed E-state index contributed by atoms with van der Waals surface area (Å²) in [7, 11) is 2.12. The summed E-state index contributed by atoms with van der Waals surface area (Å²) in [6.45, 7) is 5.84. The second kappa shape index (κ2) is 3.35. The molecule has 59 valence electrons. The molecule has 0 aromatic rings. The molecule has 1 unspecified atom stereocenters. The zero-order valence-corrected chi connectivity index (χ0v) is 6.58. The van der Waals surface area contributed by atoms with Gasteiger partial charge in [0.2, 0.25) is 0 Å². The Kier molecular flexibility index (Phi) is 2.69. The fraction of sp³-hybridized carbons (Fsp3) is 0.875. The molecule has 10 heavy (non-hydrogen) atoms. The van der Waals surface area contributed by atoms with Crippen molar-refractivity contribution in [2.24, 2.45) is 5.92 Å². The lowest BCUT2D eigenvalue weighted by atomic mass is 9.93. The summed E-state index contributed by atoms with van der Waals surface area (Å²) in [5, 5.41) is 9.13. The van der Waals surface area contributed by atoms with Crippen LogP contribution in [0.4, 0.5) is 0 Å². The fourth-order valence-corrected chi connectivity index (χ4v) is 1.41. The maximum Gasteiger partial charge on any atom is 0.0570 e. The molecule has 1 N–H and O–H groups in total. The molecule has 1 saturated heterocycles. The average molecular weight is 142 g/mol. The molecule has 1 fully saturated rings. The molecule has 0 aromatic heterocycles. The predicted molar refractivity (Wildman–Crippen MR) is 41.6 cm³/mol. The second-order valence-corrected chi connectivity index (χ2v) is 3.21. The van der Waals surface area contributed by atoms with E-state index in [0.29, 0.717) is 5.92 Å². The van der Waals surface area contributed by atoms with Crippen LogP contribution in [0.15, 0.2) is 0 Å². The van der Waals surface area contributed by atoms with Gasteiger partial charge in [0.25, 0.3) is 0 Å². The molecule has 2 heteroatoms. The van der Waals surface area contributed by atoms with E-state index in [-0.39, 0.29) is 6.10 Å². The minimum absolute atomic E-state index is 0.353. The molecule has 2 nitrogen and oxygen atoms in total. The van der Waals surface area contributed by atoms with Gasteiger partial charge in [0.1, 0.15) is 0 Å². The predicted octanol–water partition coefficient (Wildman–Crippen LogP) is 0.523. The highest BCUT2D eigenvalue weighted by atomic mass is 16.3. The maximum atomic E-state index is 9.13. The largest absolute Gasteiger partial charge is 0.393 e. The van der Waals surface area contributed by atoms with Gasteiger partial charge in [0.15, 0.2) is 0 Å². The molecule has 1 radical (unpaired) electrons. The molecule has 1 aliphatic heterocycles. The van der Waals surface area contributed by atoms with Gasteiger partial charge in [-0.05, 0) is 45.8 Å². The molecule has 1 rings (SSSR count). The number of piperidine rings is 1. The van der Waals surface area contributed by atoms with Crippen molar-refractivity contribution in [2.45, 2.75) is 18.9 Å². The van der Waals surface area contributed by atoms with Crippen molar-refractivity contribution in [3.63, 3.8) is 0 Å². The van der Waals surface area contributed by atoms with Crippen molar-refractivity contribution in [3.05, 3.63) is 6.92 Å². The van der Waals surface area contributed by atoms with Crippen molar-refractivity contribution in [3.8, 4) is 0 Å². The molecule has 0 bridgehead atoms. The summed E-state index contributed by atoms with van der Waals surface area (Å²) >= 11 is 0. The summed E-state index contributed by atoms with van der Waals surface area (Å²) in [6.07, 6.45) is 1.84. The van der Waals surface area contributed by atoms with E-state index < -0.39 is 0 Å². The molecule has 1 heterocycles. The van der Waals surface area contributed by atoms with E-state index in [1.165, 1.54) is 0 Å². The van der Waals surface area contributed by atoms with Gasteiger partial charge in [-0.1, -0.05) is 0 Å². The van der Waals surface area contributed by atoms with Gasteiger partial charge in [0.05, 0.1) is 6.10 Å². The number of hydrogen-bond acceptors (Lipinski definition) is 2. The van der Waals surface area contributed by atoms with E-state index >= 15 is 0 Å². The summed E-state index contributed by atoms with van der Waals surface area (Å²) in [5.74, 6) is 0.441. The van der Waals surface area contributed by atoms with Crippen LogP contribution in [-0.2, 0) is 0 Å². The molecule has 0 spiro atoms. The number of likely N-dealkylation sites (tertiary alicyclic amines) is 1. The second-order valence-electron chi connectivity index (χ2n) is 3.21. The first-order valence-electron chi connectivity index (χ1n) is 3.90. The zero-order valence-electron chi connectivity index (χ0n) is 6.58. The van der Waals surface area contributed by atoms with Crippen LogP contribution in [0.1, 0.15) is 12.8 Å². The Labute approximate surface area is 62.8 Å². The van der Waals surface area contributed by atoms with Crippen LogP contribution in [0.2, 0.25) is 0 Å². The van der Waals surface area contributed by atoms with Crippen LogP contribution in [0.3, 0.4) is 0 Å². The van der Waals surface area contributed by atoms with Crippen molar-refractivity contribution in [1.82, 2.24) is 4.90 Å². The van der Waals surface area contributed by atoms with Gasteiger partial charge in [-0.25, -0.2) is 0 Å². The summed E-state index contributed by atoms with van der Waals surface area (Å²) < 4.78 is 0. The third-order valence-corrected chi connectivity index (χ3v) is 2.31. The third kappa shape index (κ3) is 1.96. The van der Waals surface area contributed by atoms with E-state index in [0.717, 1.165) is 25.9 Å². The lowest BCUT2D eigenvalue weighted by Gasteiger charge is -2.30. The number of nitrogens with zero attached hydrogens (tertiary/aromatic N) is 1. The van der Waals surface area contributed by atoms with E-state index in [1.807, 2.05) is 0 Å². The van der Waals surface area contributed by atoms with Gasteiger partial charge < -0.3 is 10.0 Å². The van der Waals surface area contributed by atoms with Crippen molar-refractivity contribution >= 4 is 0 Å². The zero-order chi connectivity index (χ0) is 7.56. The third-order valence-electron chi connectivity index (χ3n) is 2.31. The number of aliphatic hydroxyl groups excluding tert-OH is 1. The Hall–Kier alpha value is -0.0800. The van der Waals surface area contributed by atoms with Crippen LogP contribution in [0.25, 0.3) is 0 Å². The van der Waals surface area contributed by atoms with Crippen LogP contribution in [0, 0.1) is 12.8 Å². The van der Waals surface area contributed by atoms with E-state index in [4.69, 9.17) is 5.11 Å². The minimum Gasteiger partial charge on any atom is -0.393 e. The highest BCUT2D eigenvalue weighted by Gasteiger charge is 2.20. The number of aliphatic hydroxyl groups is 1. The minimum atomic E-state index is -0.353. The van der Waals surface area contributed by atoms with E-state index in [2.05, 4.69) is 18.9 Å². The van der Waals surface area contributed by atoms with Crippen LogP contribution in [0.5, 0.6) is 0 Å². The van der Waals surface area contributed by atoms with Crippen molar-refractivity contribution in [2.75, 3.05) is 20.1 Å². The summed E-state index contributed by atoms with van der Waals surface area (Å²) in [4.78, 5) is 2.29. The van der Waals surface area contributed by atoms with Crippen LogP contribution >= 0.6 is 0 Å². The Balaban J connectivity index is 2.26. The summed E-state index contributed by atoms with van der Waals surface area (Å²) in [6, 6.07) is 0. The van der Waals surface area contributed by atoms with Gasteiger partial charge in [-0.3, -0.25) is 0 Å². The fourth-order valence-electron chi connectivity index (χ4n) is 1.41. The Morgan fingerprint density at radius 1 is 1.50 bits per heavy atom. The van der Waals surface area contributed by atoms with Crippen LogP contribution < -0.4 is 0 Å². The molecule has 1 atom stereocenters. The van der Waals surface area contributed by atoms with Gasteiger partial charge in [-0.2, -0.15) is 0 Å². The molecular weight excluding hydrogens is 126 g/mol. The molecule has 0 amide bonds. The Morgan fingerprint density at radius 2 is 2.00 bits per heavy atom. The smallest absolute Gasteiger partial charge is 0.0570 e. The average Bonchev–Trinajstić information content (AvgIpc) is 1.88. The van der Waals surface area contributed by atoms with Gasteiger partial charge in [0, 0.05) is 0 Å². The van der Waals surface area contributed by atoms with Crippen molar-refractivity contribution in [1.29, 1.82) is 0 Å². The van der Waals surface area contributed by atoms with E-state index in [9.17, 15) is 0 Å². The number of rotatable bonds is 1. The van der Waals surface area contributed by atoms with Gasteiger partial charge >= 0.3 is 0 Å². The van der Waals surface area contributed by atoms with Crippen molar-refractivity contribution < 1.29 is 5.11 Å². The van der Waals surface area contributed by atoms with Crippen LogP contribution in [-0.4, -0.2) is 36.2 Å². The lowest BCUT2D eigenvalue weighted by Crippen LogP contribution is -2.34. The molecular formula is C8H16NO. The number of hydrogen-bond donors (Lipinski definition) is 1. The maximum absolute atomic E-state index is 9.13. The topological polar surface area (TPSA) is 23.5 Å². The lowest BCUT2D eigenvalue weighted by molar-refractivity contribution is 0.0974. The molecule has 0 saturated carbocycles. The monoisotopic (exact) mass is 142 g/mol. The molecule has 1 aliphatic rings. The highest BCUT2D eigenvalue weighted by Crippen LogP contribution is 2.18. The first-order chi connectivity index (χ1) is 4.70. The standard InChI is InChI=1S/C8H16NO/c1-7(10)8-3-5-9(2)6-4-8/h7-8,10H,1,3-6H2,2H3. The first kappa shape index (κ1) is 8.02. The quantitative estimate of drug-likeness (QED) is 0.577. The summed E-state index contributed by atoms with van der Waals surface area (Å²) in [5.41, 5.74) is 0. The molecule has 0 aliphatic carbocycles. The normalized spacial score (nSPS) is 26.7.